The Hall–Kier alpha value is -0.910. The number of nitrogens with zero attached hydrogens (tertiary/aromatic N) is 1. The minimum atomic E-state index is -0.405. The zero-order valence-electron chi connectivity index (χ0n) is 11.0. The number of piperidine rings is 1. The van der Waals surface area contributed by atoms with E-state index in [4.69, 9.17) is 9.47 Å². The summed E-state index contributed by atoms with van der Waals surface area (Å²) in [6, 6.07) is 2.02. The molecule has 0 aliphatic carbocycles. The van der Waals surface area contributed by atoms with Gasteiger partial charge in [-0.15, -0.1) is 0 Å². The fraction of sp³-hybridized carbons (Fsp3) is 0.643. The molecule has 2 aliphatic rings. The molecule has 0 saturated carbocycles. The smallest absolute Gasteiger partial charge is 0.227 e. The number of likely N-dealkylation sites (tertiary alicyclic amines) is 1. The van der Waals surface area contributed by atoms with Crippen LogP contribution in [0.1, 0.15) is 24.8 Å². The number of thiophene rings is 1. The molecule has 2 saturated heterocycles. The number of ether oxygens (including phenoxy) is 2. The number of carbonyl (C=O) groups excluding carboxylic acids is 1. The lowest BCUT2D eigenvalue weighted by molar-refractivity contribution is -0.282. The minimum absolute atomic E-state index is 0.212. The van der Waals surface area contributed by atoms with E-state index in [2.05, 4.69) is 0 Å². The second kappa shape index (κ2) is 5.61. The lowest BCUT2D eigenvalue weighted by Crippen LogP contribution is -2.51. The molecule has 3 heterocycles. The standard InChI is InChI=1S/C14H19NO3S/c16-13(10-12-2-9-19-11-12)15-5-3-14(4-6-15)17-7-1-8-18-14/h2,9,11H,1,3-8,10H2. The topological polar surface area (TPSA) is 38.8 Å². The molecule has 0 unspecified atom stereocenters. The predicted molar refractivity (Wildman–Crippen MR) is 73.1 cm³/mol. The molecule has 0 bridgehead atoms. The van der Waals surface area contributed by atoms with Crippen LogP contribution in [0, 0.1) is 0 Å². The van der Waals surface area contributed by atoms with Crippen LogP contribution in [-0.4, -0.2) is 42.9 Å². The van der Waals surface area contributed by atoms with Crippen molar-refractivity contribution in [1.29, 1.82) is 0 Å². The summed E-state index contributed by atoms with van der Waals surface area (Å²) in [5.74, 6) is -0.193. The Morgan fingerprint density at radius 3 is 2.68 bits per heavy atom. The maximum Gasteiger partial charge on any atom is 0.227 e. The van der Waals surface area contributed by atoms with E-state index in [1.54, 1.807) is 11.3 Å². The van der Waals surface area contributed by atoms with Crippen LogP contribution in [0.5, 0.6) is 0 Å². The average molecular weight is 281 g/mol. The molecule has 1 aromatic rings. The van der Waals surface area contributed by atoms with Gasteiger partial charge in [0.15, 0.2) is 5.79 Å². The summed E-state index contributed by atoms with van der Waals surface area (Å²) in [5, 5.41) is 4.05. The molecular weight excluding hydrogens is 262 g/mol. The van der Waals surface area contributed by atoms with Gasteiger partial charge in [0.05, 0.1) is 19.6 Å². The molecule has 1 amide bonds. The van der Waals surface area contributed by atoms with Crippen molar-refractivity contribution >= 4 is 17.2 Å². The summed E-state index contributed by atoms with van der Waals surface area (Å²) in [6.07, 6.45) is 3.07. The fourth-order valence-corrected chi connectivity index (χ4v) is 3.35. The monoisotopic (exact) mass is 281 g/mol. The van der Waals surface area contributed by atoms with Crippen LogP contribution in [0.25, 0.3) is 0 Å². The Labute approximate surface area is 117 Å². The molecule has 0 aromatic carbocycles. The summed E-state index contributed by atoms with van der Waals surface area (Å²) in [6.45, 7) is 3.04. The van der Waals surface area contributed by atoms with Crippen molar-refractivity contribution < 1.29 is 14.3 Å². The molecule has 2 aliphatic heterocycles. The van der Waals surface area contributed by atoms with Crippen molar-refractivity contribution in [1.82, 2.24) is 4.90 Å². The highest BCUT2D eigenvalue weighted by Gasteiger charge is 2.39. The third-order valence-electron chi connectivity index (χ3n) is 3.83. The maximum absolute atomic E-state index is 12.2. The number of hydrogen-bond acceptors (Lipinski definition) is 4. The first-order chi connectivity index (χ1) is 9.27. The summed E-state index contributed by atoms with van der Waals surface area (Å²) in [4.78, 5) is 14.1. The minimum Gasteiger partial charge on any atom is -0.350 e. The van der Waals surface area contributed by atoms with Crippen LogP contribution in [0.4, 0.5) is 0 Å². The third kappa shape index (κ3) is 2.99. The van der Waals surface area contributed by atoms with Gasteiger partial charge in [-0.1, -0.05) is 0 Å². The van der Waals surface area contributed by atoms with E-state index in [0.29, 0.717) is 6.42 Å². The molecule has 5 heteroatoms. The molecule has 0 atom stereocenters. The van der Waals surface area contributed by atoms with Crippen LogP contribution in [0.15, 0.2) is 16.8 Å². The third-order valence-corrected chi connectivity index (χ3v) is 4.56. The van der Waals surface area contributed by atoms with E-state index in [9.17, 15) is 4.79 Å². The van der Waals surface area contributed by atoms with Crippen LogP contribution >= 0.6 is 11.3 Å². The maximum atomic E-state index is 12.2. The van der Waals surface area contributed by atoms with Crippen molar-refractivity contribution in [3.05, 3.63) is 22.4 Å². The highest BCUT2D eigenvalue weighted by molar-refractivity contribution is 7.07. The first-order valence-electron chi connectivity index (χ1n) is 6.84. The van der Waals surface area contributed by atoms with Gasteiger partial charge in [-0.05, 0) is 28.8 Å². The average Bonchev–Trinajstić information content (AvgIpc) is 2.93. The fourth-order valence-electron chi connectivity index (χ4n) is 2.68. The van der Waals surface area contributed by atoms with E-state index >= 15 is 0 Å². The number of rotatable bonds is 2. The van der Waals surface area contributed by atoms with E-state index in [1.165, 1.54) is 0 Å². The van der Waals surface area contributed by atoms with Crippen LogP contribution in [0.2, 0.25) is 0 Å². The molecule has 0 N–H and O–H groups in total. The van der Waals surface area contributed by atoms with Gasteiger partial charge in [0.1, 0.15) is 0 Å². The predicted octanol–water partition coefficient (Wildman–Crippen LogP) is 2.05. The number of carbonyl (C=O) groups is 1. The van der Waals surface area contributed by atoms with Gasteiger partial charge in [-0.3, -0.25) is 4.79 Å². The van der Waals surface area contributed by atoms with E-state index < -0.39 is 5.79 Å². The molecule has 2 fully saturated rings. The highest BCUT2D eigenvalue weighted by atomic mass is 32.1. The quantitative estimate of drug-likeness (QED) is 0.833. The Bertz CT molecular complexity index is 416. The van der Waals surface area contributed by atoms with Crippen molar-refractivity contribution in [2.45, 2.75) is 31.5 Å². The first kappa shape index (κ1) is 13.1. The van der Waals surface area contributed by atoms with E-state index in [0.717, 1.165) is 51.1 Å². The highest BCUT2D eigenvalue weighted by Crippen LogP contribution is 2.30. The molecule has 19 heavy (non-hydrogen) atoms. The molecule has 104 valence electrons. The Kier molecular flexibility index (Phi) is 3.86. The normalized spacial score (nSPS) is 22.6. The number of hydrogen-bond donors (Lipinski definition) is 0. The second-order valence-electron chi connectivity index (χ2n) is 5.15. The zero-order valence-corrected chi connectivity index (χ0v) is 11.8. The summed E-state index contributed by atoms with van der Waals surface area (Å²) in [5.41, 5.74) is 1.11. The van der Waals surface area contributed by atoms with Gasteiger partial charge in [0.25, 0.3) is 0 Å². The van der Waals surface area contributed by atoms with Gasteiger partial charge >= 0.3 is 0 Å². The van der Waals surface area contributed by atoms with Gasteiger partial charge in [-0.25, -0.2) is 0 Å². The van der Waals surface area contributed by atoms with Crippen LogP contribution in [-0.2, 0) is 20.7 Å². The SMILES string of the molecule is O=C(Cc1ccsc1)N1CCC2(CC1)OCCCO2. The van der Waals surface area contributed by atoms with Crippen LogP contribution < -0.4 is 0 Å². The van der Waals surface area contributed by atoms with E-state index in [-0.39, 0.29) is 5.91 Å². The lowest BCUT2D eigenvalue weighted by atomic mass is 10.0. The summed E-state index contributed by atoms with van der Waals surface area (Å²) >= 11 is 1.64. The second-order valence-corrected chi connectivity index (χ2v) is 5.93. The van der Waals surface area contributed by atoms with Crippen molar-refractivity contribution in [3.63, 3.8) is 0 Å². The van der Waals surface area contributed by atoms with E-state index in [1.807, 2.05) is 21.7 Å². The Balaban J connectivity index is 1.53. The molecular formula is C14H19NO3S. The first-order valence-corrected chi connectivity index (χ1v) is 7.78. The van der Waals surface area contributed by atoms with Crippen LogP contribution in [0.3, 0.4) is 0 Å². The summed E-state index contributed by atoms with van der Waals surface area (Å²) < 4.78 is 11.6. The summed E-state index contributed by atoms with van der Waals surface area (Å²) in [7, 11) is 0. The Morgan fingerprint density at radius 2 is 2.05 bits per heavy atom. The molecule has 0 radical (unpaired) electrons. The van der Waals surface area contributed by atoms with Crippen molar-refractivity contribution in [2.75, 3.05) is 26.3 Å². The van der Waals surface area contributed by atoms with Crippen molar-refractivity contribution in [2.24, 2.45) is 0 Å². The Morgan fingerprint density at radius 1 is 1.32 bits per heavy atom. The zero-order chi connectivity index (χ0) is 13.1. The molecule has 4 nitrogen and oxygen atoms in total. The molecule has 1 spiro atoms. The number of amides is 1. The molecule has 3 rings (SSSR count). The van der Waals surface area contributed by atoms with Gasteiger partial charge in [-0.2, -0.15) is 11.3 Å². The lowest BCUT2D eigenvalue weighted by Gasteiger charge is -2.43. The van der Waals surface area contributed by atoms with Gasteiger partial charge in [0, 0.05) is 25.9 Å². The molecule has 1 aromatic heterocycles. The van der Waals surface area contributed by atoms with Gasteiger partial charge < -0.3 is 14.4 Å². The largest absolute Gasteiger partial charge is 0.350 e. The van der Waals surface area contributed by atoms with Gasteiger partial charge in [0.2, 0.25) is 5.91 Å². The van der Waals surface area contributed by atoms with Crippen molar-refractivity contribution in [3.8, 4) is 0 Å².